The molecule has 2 rings (SSSR count). The van der Waals surface area contributed by atoms with Gasteiger partial charge in [-0.1, -0.05) is 17.7 Å². The van der Waals surface area contributed by atoms with Gasteiger partial charge < -0.3 is 5.32 Å². The van der Waals surface area contributed by atoms with E-state index >= 15 is 0 Å². The van der Waals surface area contributed by atoms with Crippen LogP contribution in [0.25, 0.3) is 0 Å². The average molecular weight is 297 g/mol. The Labute approximate surface area is 119 Å². The summed E-state index contributed by atoms with van der Waals surface area (Å²) in [6.45, 7) is 0.102. The Morgan fingerprint density at radius 2 is 1.95 bits per heavy atom. The van der Waals surface area contributed by atoms with Crippen LogP contribution in [0.2, 0.25) is 5.02 Å². The normalized spacial score (nSPS) is 10.3. The standard InChI is InChI=1S/C14H11ClF2N2O/c15-9-4-6-18-13(8-9)14(20)19-7-5-10-11(16)2-1-3-12(10)17/h1-4,6,8H,5,7H2,(H,19,20). The van der Waals surface area contributed by atoms with Crippen LogP contribution in [0, 0.1) is 11.6 Å². The van der Waals surface area contributed by atoms with Crippen molar-refractivity contribution in [2.75, 3.05) is 6.54 Å². The number of rotatable bonds is 4. The number of hydrogen-bond acceptors (Lipinski definition) is 2. The summed E-state index contributed by atoms with van der Waals surface area (Å²) in [5.41, 5.74) is 0.110. The highest BCUT2D eigenvalue weighted by molar-refractivity contribution is 6.30. The van der Waals surface area contributed by atoms with Gasteiger partial charge in [0.25, 0.3) is 5.91 Å². The summed E-state index contributed by atoms with van der Waals surface area (Å²) in [6.07, 6.45) is 1.47. The molecule has 0 aliphatic rings. The Balaban J connectivity index is 1.95. The van der Waals surface area contributed by atoms with Crippen molar-refractivity contribution >= 4 is 17.5 Å². The molecule has 0 aliphatic carbocycles. The van der Waals surface area contributed by atoms with Crippen LogP contribution in [0.15, 0.2) is 36.5 Å². The van der Waals surface area contributed by atoms with Crippen molar-refractivity contribution in [1.82, 2.24) is 10.3 Å². The van der Waals surface area contributed by atoms with E-state index in [1.807, 2.05) is 0 Å². The lowest BCUT2D eigenvalue weighted by molar-refractivity contribution is 0.0949. The maximum absolute atomic E-state index is 13.4. The number of benzene rings is 1. The molecule has 1 amide bonds. The van der Waals surface area contributed by atoms with Crippen LogP contribution in [0.3, 0.4) is 0 Å². The van der Waals surface area contributed by atoms with E-state index in [1.165, 1.54) is 30.5 Å². The van der Waals surface area contributed by atoms with Gasteiger partial charge in [0, 0.05) is 23.3 Å². The SMILES string of the molecule is O=C(NCCc1c(F)cccc1F)c1cc(Cl)ccn1. The van der Waals surface area contributed by atoms with Gasteiger partial charge in [-0.25, -0.2) is 8.78 Å². The predicted molar refractivity (Wildman–Crippen MR) is 71.6 cm³/mol. The van der Waals surface area contributed by atoms with Crippen molar-refractivity contribution in [3.05, 3.63) is 64.4 Å². The summed E-state index contributed by atoms with van der Waals surface area (Å²) in [7, 11) is 0. The second kappa shape index (κ2) is 6.43. The van der Waals surface area contributed by atoms with Crippen molar-refractivity contribution < 1.29 is 13.6 Å². The topological polar surface area (TPSA) is 42.0 Å². The van der Waals surface area contributed by atoms with E-state index < -0.39 is 17.5 Å². The van der Waals surface area contributed by atoms with Gasteiger partial charge in [-0.15, -0.1) is 0 Å². The van der Waals surface area contributed by atoms with Gasteiger partial charge in [-0.2, -0.15) is 0 Å². The Hall–Kier alpha value is -2.01. The molecule has 0 saturated heterocycles. The molecule has 0 radical (unpaired) electrons. The molecule has 0 unspecified atom stereocenters. The second-order valence-corrected chi connectivity index (χ2v) is 4.50. The summed E-state index contributed by atoms with van der Waals surface area (Å²) in [4.78, 5) is 15.6. The molecule has 0 bridgehead atoms. The van der Waals surface area contributed by atoms with Gasteiger partial charge in [0.15, 0.2) is 0 Å². The van der Waals surface area contributed by atoms with Gasteiger partial charge in [-0.05, 0) is 30.7 Å². The molecular formula is C14H11ClF2N2O. The number of nitrogens with one attached hydrogen (secondary N) is 1. The first kappa shape index (κ1) is 14.4. The highest BCUT2D eigenvalue weighted by atomic mass is 35.5. The van der Waals surface area contributed by atoms with Crippen LogP contribution in [0.1, 0.15) is 16.1 Å². The fourth-order valence-electron chi connectivity index (χ4n) is 1.69. The molecule has 6 heteroatoms. The van der Waals surface area contributed by atoms with Crippen LogP contribution in [0.4, 0.5) is 8.78 Å². The number of carbonyl (C=O) groups excluding carboxylic acids is 1. The van der Waals surface area contributed by atoms with E-state index in [2.05, 4.69) is 10.3 Å². The molecule has 0 saturated carbocycles. The number of carbonyl (C=O) groups is 1. The average Bonchev–Trinajstić information content (AvgIpc) is 2.42. The molecule has 1 aromatic carbocycles. The highest BCUT2D eigenvalue weighted by Gasteiger charge is 2.10. The minimum absolute atomic E-state index is 0.0492. The Morgan fingerprint density at radius 1 is 1.25 bits per heavy atom. The van der Waals surface area contributed by atoms with Crippen molar-refractivity contribution in [2.24, 2.45) is 0 Å². The Morgan fingerprint density at radius 3 is 2.60 bits per heavy atom. The third kappa shape index (κ3) is 3.51. The number of nitrogens with zero attached hydrogens (tertiary/aromatic N) is 1. The molecule has 1 heterocycles. The minimum atomic E-state index is -0.625. The van der Waals surface area contributed by atoms with Crippen LogP contribution in [0.5, 0.6) is 0 Å². The van der Waals surface area contributed by atoms with Crippen LogP contribution >= 0.6 is 11.6 Å². The molecule has 1 aromatic heterocycles. The summed E-state index contributed by atoms with van der Waals surface area (Å²) < 4.78 is 26.7. The maximum Gasteiger partial charge on any atom is 0.269 e. The molecule has 0 spiro atoms. The lowest BCUT2D eigenvalue weighted by Gasteiger charge is -2.07. The van der Waals surface area contributed by atoms with Crippen molar-refractivity contribution in [3.63, 3.8) is 0 Å². The summed E-state index contributed by atoms with van der Waals surface area (Å²) >= 11 is 5.74. The number of hydrogen-bond donors (Lipinski definition) is 1. The lowest BCUT2D eigenvalue weighted by atomic mass is 10.1. The monoisotopic (exact) mass is 296 g/mol. The first-order valence-corrected chi connectivity index (χ1v) is 6.28. The number of pyridine rings is 1. The zero-order chi connectivity index (χ0) is 14.5. The van der Waals surface area contributed by atoms with Gasteiger partial charge in [0.2, 0.25) is 0 Å². The number of halogens is 3. The fourth-order valence-corrected chi connectivity index (χ4v) is 1.85. The molecule has 20 heavy (non-hydrogen) atoms. The van der Waals surface area contributed by atoms with Crippen LogP contribution in [-0.4, -0.2) is 17.4 Å². The van der Waals surface area contributed by atoms with Gasteiger partial charge in [0.1, 0.15) is 17.3 Å². The Bertz CT molecular complexity index is 614. The maximum atomic E-state index is 13.4. The second-order valence-electron chi connectivity index (χ2n) is 4.07. The molecular weight excluding hydrogens is 286 g/mol. The summed E-state index contributed by atoms with van der Waals surface area (Å²) in [5, 5.41) is 2.93. The third-order valence-corrected chi connectivity index (χ3v) is 2.91. The molecule has 3 nitrogen and oxygen atoms in total. The first-order chi connectivity index (χ1) is 9.58. The van der Waals surface area contributed by atoms with Gasteiger partial charge in [0.05, 0.1) is 0 Å². The molecule has 0 fully saturated rings. The van der Waals surface area contributed by atoms with Crippen LogP contribution < -0.4 is 5.32 Å². The molecule has 0 atom stereocenters. The van der Waals surface area contributed by atoms with E-state index in [0.29, 0.717) is 5.02 Å². The quantitative estimate of drug-likeness (QED) is 0.942. The predicted octanol–water partition coefficient (Wildman–Crippen LogP) is 2.99. The van der Waals surface area contributed by atoms with E-state index in [4.69, 9.17) is 11.6 Å². The highest BCUT2D eigenvalue weighted by Crippen LogP contribution is 2.12. The zero-order valence-corrected chi connectivity index (χ0v) is 11.1. The van der Waals surface area contributed by atoms with E-state index in [-0.39, 0.29) is 24.2 Å². The Kier molecular flexibility index (Phi) is 4.63. The number of aromatic nitrogens is 1. The smallest absolute Gasteiger partial charge is 0.269 e. The van der Waals surface area contributed by atoms with Gasteiger partial charge in [-0.3, -0.25) is 9.78 Å². The number of amides is 1. The van der Waals surface area contributed by atoms with Gasteiger partial charge >= 0.3 is 0 Å². The summed E-state index contributed by atoms with van der Waals surface area (Å²) in [5.74, 6) is -1.69. The van der Waals surface area contributed by atoms with E-state index in [9.17, 15) is 13.6 Å². The zero-order valence-electron chi connectivity index (χ0n) is 10.4. The minimum Gasteiger partial charge on any atom is -0.350 e. The van der Waals surface area contributed by atoms with Crippen LogP contribution in [-0.2, 0) is 6.42 Å². The van der Waals surface area contributed by atoms with Crippen molar-refractivity contribution in [2.45, 2.75) is 6.42 Å². The van der Waals surface area contributed by atoms with E-state index in [1.54, 1.807) is 6.07 Å². The first-order valence-electron chi connectivity index (χ1n) is 5.90. The third-order valence-electron chi connectivity index (χ3n) is 2.68. The largest absolute Gasteiger partial charge is 0.350 e. The van der Waals surface area contributed by atoms with Crippen molar-refractivity contribution in [3.8, 4) is 0 Å². The summed E-state index contributed by atoms with van der Waals surface area (Å²) in [6, 6.07) is 6.62. The molecule has 104 valence electrons. The fraction of sp³-hybridized carbons (Fsp3) is 0.143. The molecule has 0 aliphatic heterocycles. The van der Waals surface area contributed by atoms with E-state index in [0.717, 1.165) is 0 Å². The molecule has 2 aromatic rings. The molecule has 1 N–H and O–H groups in total. The lowest BCUT2D eigenvalue weighted by Crippen LogP contribution is -2.26. The van der Waals surface area contributed by atoms with Crippen molar-refractivity contribution in [1.29, 1.82) is 0 Å².